The molecule has 2 aromatic carbocycles. The van der Waals surface area contributed by atoms with Crippen LogP contribution in [0.3, 0.4) is 0 Å². The van der Waals surface area contributed by atoms with Crippen molar-refractivity contribution in [2.45, 2.75) is 33.1 Å². The normalized spacial score (nSPS) is 12.0. The number of nitrogens with zero attached hydrogens (tertiary/aromatic N) is 1. The highest BCUT2D eigenvalue weighted by Gasteiger charge is 2.22. The van der Waals surface area contributed by atoms with E-state index in [1.165, 1.54) is 5.46 Å². The summed E-state index contributed by atoms with van der Waals surface area (Å²) in [7, 11) is 2.06. The number of benzene rings is 2. The van der Waals surface area contributed by atoms with Crippen molar-refractivity contribution in [2.75, 3.05) is 5.32 Å². The Labute approximate surface area is 168 Å². The molecule has 0 aliphatic rings. The molecule has 0 saturated carbocycles. The van der Waals surface area contributed by atoms with E-state index in [2.05, 4.69) is 56.3 Å². The predicted octanol–water partition coefficient (Wildman–Crippen LogP) is 4.08. The van der Waals surface area contributed by atoms with Crippen molar-refractivity contribution in [2.24, 2.45) is 5.92 Å². The highest BCUT2D eigenvalue weighted by Crippen LogP contribution is 2.26. The van der Waals surface area contributed by atoms with Gasteiger partial charge in [-0.3, -0.25) is 9.78 Å². The minimum atomic E-state index is -0.151. The number of hydrogen-bond acceptors (Lipinski definition) is 2. The molecular weight excluding hydrogens is 343 g/mol. The lowest BCUT2D eigenvalue weighted by atomic mass is 9.85. The Morgan fingerprint density at radius 1 is 1.04 bits per heavy atom. The van der Waals surface area contributed by atoms with Crippen LogP contribution in [0.25, 0.3) is 11.1 Å². The van der Waals surface area contributed by atoms with Gasteiger partial charge < -0.3 is 5.32 Å². The molecule has 0 spiro atoms. The minimum Gasteiger partial charge on any atom is -0.326 e. The third-order valence-corrected chi connectivity index (χ3v) is 4.85. The van der Waals surface area contributed by atoms with E-state index in [0.29, 0.717) is 5.92 Å². The molecule has 28 heavy (non-hydrogen) atoms. The fourth-order valence-corrected chi connectivity index (χ4v) is 3.45. The lowest BCUT2D eigenvalue weighted by molar-refractivity contribution is -0.117. The van der Waals surface area contributed by atoms with Crippen molar-refractivity contribution in [3.05, 3.63) is 78.1 Å². The van der Waals surface area contributed by atoms with E-state index < -0.39 is 0 Å². The lowest BCUT2D eigenvalue weighted by Gasteiger charge is -2.20. The first-order chi connectivity index (χ1) is 13.4. The average molecular weight is 370 g/mol. The van der Waals surface area contributed by atoms with E-state index in [4.69, 9.17) is 0 Å². The van der Waals surface area contributed by atoms with Crippen molar-refractivity contribution in [3.8, 4) is 11.1 Å². The van der Waals surface area contributed by atoms with Gasteiger partial charge in [-0.2, -0.15) is 0 Å². The van der Waals surface area contributed by atoms with Crippen molar-refractivity contribution < 1.29 is 4.79 Å². The van der Waals surface area contributed by atoms with Gasteiger partial charge in [0.2, 0.25) is 5.91 Å². The van der Waals surface area contributed by atoms with Gasteiger partial charge in [-0.25, -0.2) is 0 Å². The zero-order valence-electron chi connectivity index (χ0n) is 17.1. The third-order valence-electron chi connectivity index (χ3n) is 4.85. The molecule has 142 valence electrons. The van der Waals surface area contributed by atoms with Crippen LogP contribution in [-0.4, -0.2) is 18.7 Å². The van der Waals surface area contributed by atoms with Gasteiger partial charge in [-0.15, -0.1) is 0 Å². The zero-order valence-corrected chi connectivity index (χ0v) is 17.1. The summed E-state index contributed by atoms with van der Waals surface area (Å²) < 4.78 is 0. The zero-order chi connectivity index (χ0) is 20.1. The Kier molecular flexibility index (Phi) is 6.30. The number of carbonyl (C=O) groups excluding carboxylic acids is 1. The van der Waals surface area contributed by atoms with Crippen LogP contribution in [0.15, 0.2) is 66.9 Å². The second-order valence-corrected chi connectivity index (χ2v) is 7.85. The third kappa shape index (κ3) is 5.10. The summed E-state index contributed by atoms with van der Waals surface area (Å²) in [6.45, 7) is 6.29. The van der Waals surface area contributed by atoms with Gasteiger partial charge in [0.05, 0.1) is 5.92 Å². The van der Waals surface area contributed by atoms with Crippen LogP contribution < -0.4 is 10.8 Å². The second-order valence-electron chi connectivity index (χ2n) is 7.85. The summed E-state index contributed by atoms with van der Waals surface area (Å²) in [5, 5.41) is 3.10. The second kappa shape index (κ2) is 8.88. The van der Waals surface area contributed by atoms with Crippen LogP contribution in [0.5, 0.6) is 0 Å². The molecule has 3 aromatic rings. The first kappa shape index (κ1) is 19.9. The molecule has 3 rings (SSSR count). The monoisotopic (exact) mass is 370 g/mol. The number of aromatic nitrogens is 1. The number of aryl methyl sites for hydroxylation is 1. The molecule has 3 nitrogen and oxygen atoms in total. The van der Waals surface area contributed by atoms with Gasteiger partial charge in [-0.05, 0) is 60.2 Å². The quantitative estimate of drug-likeness (QED) is 0.665. The Morgan fingerprint density at radius 3 is 2.43 bits per heavy atom. The maximum absolute atomic E-state index is 13.0. The van der Waals surface area contributed by atoms with Crippen LogP contribution in [0.2, 0.25) is 0 Å². The first-order valence-electron chi connectivity index (χ1n) is 9.83. The number of amides is 1. The van der Waals surface area contributed by atoms with Gasteiger partial charge in [0.15, 0.2) is 0 Å². The van der Waals surface area contributed by atoms with Crippen LogP contribution in [0, 0.1) is 12.8 Å². The largest absolute Gasteiger partial charge is 0.326 e. The fraction of sp³-hybridized carbons (Fsp3) is 0.250. The summed E-state index contributed by atoms with van der Waals surface area (Å²) in [6.07, 6.45) is 2.64. The van der Waals surface area contributed by atoms with Crippen LogP contribution in [-0.2, 0) is 4.79 Å². The van der Waals surface area contributed by atoms with E-state index in [0.717, 1.165) is 34.5 Å². The Morgan fingerprint density at radius 2 is 1.79 bits per heavy atom. The Hall–Kier alpha value is -2.88. The average Bonchev–Trinajstić information content (AvgIpc) is 2.66. The topological polar surface area (TPSA) is 42.0 Å². The van der Waals surface area contributed by atoms with Crippen molar-refractivity contribution in [1.82, 2.24) is 4.98 Å². The molecule has 0 aliphatic heterocycles. The molecule has 0 saturated heterocycles. The minimum absolute atomic E-state index is 0.0480. The molecule has 4 heteroatoms. The first-order valence-corrected chi connectivity index (χ1v) is 9.83. The van der Waals surface area contributed by atoms with Crippen LogP contribution in [0.1, 0.15) is 37.4 Å². The Bertz CT molecular complexity index is 951. The number of anilines is 1. The van der Waals surface area contributed by atoms with Crippen molar-refractivity contribution in [1.29, 1.82) is 0 Å². The number of nitrogens with one attached hydrogen (secondary N) is 1. The van der Waals surface area contributed by atoms with Gasteiger partial charge >= 0.3 is 0 Å². The maximum atomic E-state index is 13.0. The SMILES string of the molecule is Bc1cccc(C(CC(C)C)C(=O)Nc2ccc(-c3ccnc(C)c3)cc2)c1. The van der Waals surface area contributed by atoms with Crippen molar-refractivity contribution in [3.63, 3.8) is 0 Å². The molecule has 1 heterocycles. The summed E-state index contributed by atoms with van der Waals surface area (Å²) in [5.41, 5.74) is 6.31. The smallest absolute Gasteiger partial charge is 0.231 e. The predicted molar refractivity (Wildman–Crippen MR) is 120 cm³/mol. The van der Waals surface area contributed by atoms with E-state index in [-0.39, 0.29) is 11.8 Å². The molecule has 0 aliphatic carbocycles. The maximum Gasteiger partial charge on any atom is 0.231 e. The summed E-state index contributed by atoms with van der Waals surface area (Å²) in [4.78, 5) is 17.3. The van der Waals surface area contributed by atoms with E-state index in [1.54, 1.807) is 0 Å². The molecule has 0 radical (unpaired) electrons. The lowest BCUT2D eigenvalue weighted by Crippen LogP contribution is -2.23. The number of pyridine rings is 1. The van der Waals surface area contributed by atoms with Gasteiger partial charge in [0, 0.05) is 17.6 Å². The van der Waals surface area contributed by atoms with Gasteiger partial charge in [-0.1, -0.05) is 55.7 Å². The van der Waals surface area contributed by atoms with E-state index in [9.17, 15) is 4.79 Å². The number of hydrogen-bond donors (Lipinski definition) is 1. The van der Waals surface area contributed by atoms with E-state index in [1.807, 2.05) is 49.5 Å². The molecular formula is C24H27BN2O. The molecule has 0 fully saturated rings. The van der Waals surface area contributed by atoms with Gasteiger partial charge in [0.1, 0.15) is 7.85 Å². The molecule has 1 unspecified atom stereocenters. The molecule has 1 aromatic heterocycles. The molecule has 1 amide bonds. The van der Waals surface area contributed by atoms with Crippen molar-refractivity contribution >= 4 is 24.9 Å². The number of carbonyl (C=O) groups is 1. The highest BCUT2D eigenvalue weighted by atomic mass is 16.1. The Balaban J connectivity index is 1.77. The van der Waals surface area contributed by atoms with E-state index >= 15 is 0 Å². The summed E-state index contributed by atoms with van der Waals surface area (Å²) >= 11 is 0. The molecule has 1 N–H and O–H groups in total. The van der Waals surface area contributed by atoms with Gasteiger partial charge in [0.25, 0.3) is 0 Å². The molecule has 1 atom stereocenters. The van der Waals surface area contributed by atoms with Crippen LogP contribution in [0.4, 0.5) is 5.69 Å². The standard InChI is InChI=1S/C24H27BN2O/c1-16(2)13-23(20-5-4-6-21(25)15-20)24(28)27-22-9-7-18(8-10-22)19-11-12-26-17(3)14-19/h4-12,14-16,23H,13,25H2,1-3H3,(H,27,28). The summed E-state index contributed by atoms with van der Waals surface area (Å²) in [5.74, 6) is 0.336. The molecule has 0 bridgehead atoms. The van der Waals surface area contributed by atoms with Crippen LogP contribution >= 0.6 is 0 Å². The fourth-order valence-electron chi connectivity index (χ4n) is 3.45. The summed E-state index contributed by atoms with van der Waals surface area (Å²) in [6, 6.07) is 20.3. The number of rotatable bonds is 6. The highest BCUT2D eigenvalue weighted by molar-refractivity contribution is 6.32.